The number of nitrogens with zero attached hydrogens (tertiary/aromatic N) is 5. The molecule has 0 fully saturated rings. The van der Waals surface area contributed by atoms with Gasteiger partial charge in [0.15, 0.2) is 5.58 Å². The number of imidazole rings is 2. The maximum Gasteiger partial charge on any atom is 0.307 e. The molecule has 0 saturated carbocycles. The summed E-state index contributed by atoms with van der Waals surface area (Å²) in [5.74, 6) is 1.44. The first-order valence-corrected chi connectivity index (χ1v) is 13.6. The Balaban J connectivity index is 1.35. The van der Waals surface area contributed by atoms with Crippen LogP contribution in [0.1, 0.15) is 0 Å². The van der Waals surface area contributed by atoms with E-state index in [9.17, 15) is 0 Å². The monoisotopic (exact) mass is 527 g/mol. The van der Waals surface area contributed by atoms with Crippen molar-refractivity contribution in [2.24, 2.45) is 0 Å². The van der Waals surface area contributed by atoms with Crippen molar-refractivity contribution in [3.63, 3.8) is 0 Å². The maximum absolute atomic E-state index is 6.18. The molecule has 0 saturated heterocycles. The number of para-hydroxylation sites is 6. The zero-order valence-corrected chi connectivity index (χ0v) is 21.8. The minimum absolute atomic E-state index is 0.558. The Kier molecular flexibility index (Phi) is 4.51. The van der Waals surface area contributed by atoms with Crippen LogP contribution in [0.15, 0.2) is 132 Å². The van der Waals surface area contributed by atoms with Crippen molar-refractivity contribution in [2.75, 3.05) is 0 Å². The second-order valence-electron chi connectivity index (χ2n) is 10.2. The molecule has 0 amide bonds. The van der Waals surface area contributed by atoms with Gasteiger partial charge < -0.3 is 4.42 Å². The van der Waals surface area contributed by atoms with Crippen LogP contribution in [-0.4, -0.2) is 23.9 Å². The van der Waals surface area contributed by atoms with E-state index in [0.717, 1.165) is 72.4 Å². The van der Waals surface area contributed by atoms with Crippen LogP contribution in [0.25, 0.3) is 78.2 Å². The molecule has 0 aliphatic carbocycles. The van der Waals surface area contributed by atoms with E-state index in [1.807, 2.05) is 48.5 Å². The fourth-order valence-electron chi connectivity index (χ4n) is 5.93. The zero-order chi connectivity index (χ0) is 26.9. The van der Waals surface area contributed by atoms with E-state index in [1.165, 1.54) is 0 Å². The van der Waals surface area contributed by atoms with Gasteiger partial charge in [0.25, 0.3) is 0 Å². The van der Waals surface area contributed by atoms with E-state index in [0.29, 0.717) is 5.84 Å². The number of hydrogen-bond acceptors (Lipinski definition) is 4. The SMILES string of the molecule is c1ccc(-n2c(-c3cccc(-c4nc5ccccc5c5nc6oc7ccccc7n6c45)c3)nc3ccccc32)cc1. The number of fused-ring (bicyclic) bond motifs is 8. The molecular formula is C35H21N5O. The number of rotatable bonds is 3. The lowest BCUT2D eigenvalue weighted by Crippen LogP contribution is -1.98. The predicted molar refractivity (Wildman–Crippen MR) is 163 cm³/mol. The topological polar surface area (TPSA) is 61.2 Å². The van der Waals surface area contributed by atoms with Crippen LogP contribution in [0.4, 0.5) is 0 Å². The van der Waals surface area contributed by atoms with Crippen molar-refractivity contribution in [3.8, 4) is 28.3 Å². The molecule has 5 aromatic carbocycles. The van der Waals surface area contributed by atoms with Crippen molar-refractivity contribution in [2.45, 2.75) is 0 Å². The molecule has 0 spiro atoms. The minimum atomic E-state index is 0.558. The molecule has 192 valence electrons. The van der Waals surface area contributed by atoms with Gasteiger partial charge in [-0.05, 0) is 48.5 Å². The van der Waals surface area contributed by atoms with Gasteiger partial charge in [0.1, 0.15) is 16.9 Å². The number of benzene rings is 5. The van der Waals surface area contributed by atoms with Crippen LogP contribution < -0.4 is 0 Å². The van der Waals surface area contributed by atoms with Crippen molar-refractivity contribution < 1.29 is 4.42 Å². The molecule has 0 aliphatic heterocycles. The van der Waals surface area contributed by atoms with E-state index < -0.39 is 0 Å². The second-order valence-corrected chi connectivity index (χ2v) is 10.2. The van der Waals surface area contributed by atoms with Gasteiger partial charge in [0, 0.05) is 22.2 Å². The van der Waals surface area contributed by atoms with Gasteiger partial charge in [0.05, 0.1) is 27.8 Å². The Bertz CT molecular complexity index is 2430. The predicted octanol–water partition coefficient (Wildman–Crippen LogP) is 8.45. The molecule has 9 aromatic rings. The van der Waals surface area contributed by atoms with Crippen LogP contribution in [0.3, 0.4) is 0 Å². The third-order valence-corrected chi connectivity index (χ3v) is 7.74. The lowest BCUT2D eigenvalue weighted by molar-refractivity contribution is 0.643. The Morgan fingerprint density at radius 1 is 0.561 bits per heavy atom. The van der Waals surface area contributed by atoms with E-state index >= 15 is 0 Å². The zero-order valence-electron chi connectivity index (χ0n) is 21.8. The summed E-state index contributed by atoms with van der Waals surface area (Å²) in [6, 6.07) is 43.3. The molecule has 0 unspecified atom stereocenters. The van der Waals surface area contributed by atoms with Gasteiger partial charge in [-0.2, -0.15) is 4.98 Å². The summed E-state index contributed by atoms with van der Waals surface area (Å²) in [7, 11) is 0. The fraction of sp³-hybridized carbons (Fsp3) is 0. The van der Waals surface area contributed by atoms with Gasteiger partial charge in [-0.1, -0.05) is 78.9 Å². The molecule has 0 bridgehead atoms. The lowest BCUT2D eigenvalue weighted by Gasteiger charge is -2.11. The van der Waals surface area contributed by atoms with Crippen LogP contribution in [0.2, 0.25) is 0 Å². The smallest absolute Gasteiger partial charge is 0.307 e. The normalized spacial score (nSPS) is 11.9. The van der Waals surface area contributed by atoms with E-state index in [-0.39, 0.29) is 0 Å². The summed E-state index contributed by atoms with van der Waals surface area (Å²) in [5, 5.41) is 0.997. The molecule has 4 aromatic heterocycles. The number of aromatic nitrogens is 5. The van der Waals surface area contributed by atoms with Crippen molar-refractivity contribution >= 4 is 49.9 Å². The molecule has 4 heterocycles. The molecule has 0 atom stereocenters. The minimum Gasteiger partial charge on any atom is -0.423 e. The first-order valence-electron chi connectivity index (χ1n) is 13.6. The molecule has 6 heteroatoms. The third-order valence-electron chi connectivity index (χ3n) is 7.74. The highest BCUT2D eigenvalue weighted by Gasteiger charge is 2.21. The molecule has 6 nitrogen and oxygen atoms in total. The molecular weight excluding hydrogens is 506 g/mol. The Hall–Kier alpha value is -5.75. The largest absolute Gasteiger partial charge is 0.423 e. The standard InChI is InChI=1S/C35H21N5O/c1-2-13-24(14-3-1)39-28-18-7-6-17-27(28)37-34(39)23-12-10-11-22(21-23)31-33-32(25-15-4-5-16-26(25)36-31)38-35-40(33)29-19-8-9-20-30(29)41-35/h1-21H. The molecule has 9 rings (SSSR count). The molecule has 0 radical (unpaired) electrons. The van der Waals surface area contributed by atoms with Gasteiger partial charge in [-0.3, -0.25) is 8.97 Å². The molecule has 41 heavy (non-hydrogen) atoms. The van der Waals surface area contributed by atoms with Gasteiger partial charge >= 0.3 is 5.84 Å². The summed E-state index contributed by atoms with van der Waals surface area (Å²) >= 11 is 0. The number of hydrogen-bond donors (Lipinski definition) is 0. The summed E-state index contributed by atoms with van der Waals surface area (Å²) in [4.78, 5) is 15.3. The first kappa shape index (κ1) is 22.1. The van der Waals surface area contributed by atoms with Gasteiger partial charge in [-0.15, -0.1) is 0 Å². The van der Waals surface area contributed by atoms with E-state index in [2.05, 4.69) is 87.8 Å². The molecule has 0 N–H and O–H groups in total. The maximum atomic E-state index is 6.18. The summed E-state index contributed by atoms with van der Waals surface area (Å²) < 4.78 is 10.5. The summed E-state index contributed by atoms with van der Waals surface area (Å²) in [6.45, 7) is 0. The van der Waals surface area contributed by atoms with Gasteiger partial charge in [-0.25, -0.2) is 9.97 Å². The quantitative estimate of drug-likeness (QED) is 0.231. The van der Waals surface area contributed by atoms with Crippen molar-refractivity contribution in [1.82, 2.24) is 23.9 Å². The van der Waals surface area contributed by atoms with E-state index in [1.54, 1.807) is 0 Å². The van der Waals surface area contributed by atoms with Crippen LogP contribution in [-0.2, 0) is 0 Å². The van der Waals surface area contributed by atoms with Crippen molar-refractivity contribution in [1.29, 1.82) is 0 Å². The van der Waals surface area contributed by atoms with Crippen LogP contribution >= 0.6 is 0 Å². The Morgan fingerprint density at radius 2 is 1.29 bits per heavy atom. The Labute approximate surface area is 233 Å². The number of pyridine rings is 1. The van der Waals surface area contributed by atoms with Crippen molar-refractivity contribution in [3.05, 3.63) is 127 Å². The van der Waals surface area contributed by atoms with E-state index in [4.69, 9.17) is 19.4 Å². The first-order chi connectivity index (χ1) is 20.3. The second kappa shape index (κ2) is 8.37. The highest BCUT2D eigenvalue weighted by Crippen LogP contribution is 2.37. The van der Waals surface area contributed by atoms with Crippen LogP contribution in [0, 0.1) is 0 Å². The van der Waals surface area contributed by atoms with Crippen LogP contribution in [0.5, 0.6) is 0 Å². The highest BCUT2D eigenvalue weighted by molar-refractivity contribution is 6.10. The molecule has 0 aliphatic rings. The van der Waals surface area contributed by atoms with Gasteiger partial charge in [0.2, 0.25) is 0 Å². The highest BCUT2D eigenvalue weighted by atomic mass is 16.4. The third kappa shape index (κ3) is 3.22. The lowest BCUT2D eigenvalue weighted by atomic mass is 10.0. The summed E-state index contributed by atoms with van der Waals surface area (Å²) in [6.07, 6.45) is 0. The average molecular weight is 528 g/mol. The Morgan fingerprint density at radius 3 is 2.20 bits per heavy atom. The number of oxazole rings is 1. The fourth-order valence-corrected chi connectivity index (χ4v) is 5.93. The summed E-state index contributed by atoms with van der Waals surface area (Å²) in [5.41, 5.74) is 10.4. The average Bonchev–Trinajstić information content (AvgIpc) is 3.71.